The fourth-order valence-electron chi connectivity index (χ4n) is 3.23. The highest BCUT2D eigenvalue weighted by Crippen LogP contribution is 2.38. The van der Waals surface area contributed by atoms with Gasteiger partial charge in [-0.05, 0) is 29.7 Å². The van der Waals surface area contributed by atoms with Crippen molar-refractivity contribution in [2.75, 3.05) is 13.7 Å². The summed E-state index contributed by atoms with van der Waals surface area (Å²) in [6.45, 7) is 0.722. The van der Waals surface area contributed by atoms with Crippen LogP contribution in [0.15, 0.2) is 54.6 Å². The molecule has 2 aromatic rings. The van der Waals surface area contributed by atoms with Gasteiger partial charge in [0.2, 0.25) is 5.91 Å². The Hall–Kier alpha value is -2.20. The van der Waals surface area contributed by atoms with Gasteiger partial charge >= 0.3 is 0 Å². The quantitative estimate of drug-likeness (QED) is 0.838. The molecule has 1 heterocycles. The van der Waals surface area contributed by atoms with Gasteiger partial charge in [-0.15, -0.1) is 0 Å². The van der Waals surface area contributed by atoms with Gasteiger partial charge in [-0.2, -0.15) is 0 Å². The van der Waals surface area contributed by atoms with E-state index in [1.807, 2.05) is 35.2 Å². The van der Waals surface area contributed by atoms with Gasteiger partial charge in [0.25, 0.3) is 0 Å². The first-order chi connectivity index (χ1) is 11.2. The molecule has 1 aliphatic rings. The summed E-state index contributed by atoms with van der Waals surface area (Å²) < 4.78 is 19.0. The lowest BCUT2D eigenvalue weighted by Crippen LogP contribution is -2.34. The summed E-state index contributed by atoms with van der Waals surface area (Å²) in [5.41, 5.74) is 1.89. The molecule has 2 aromatic carbocycles. The highest BCUT2D eigenvalue weighted by Gasteiger charge is 2.35. The topological polar surface area (TPSA) is 29.5 Å². The van der Waals surface area contributed by atoms with Gasteiger partial charge < -0.3 is 9.64 Å². The third-order valence-corrected chi connectivity index (χ3v) is 4.33. The van der Waals surface area contributed by atoms with E-state index < -0.39 is 0 Å². The Bertz CT molecular complexity index is 657. The zero-order valence-corrected chi connectivity index (χ0v) is 13.1. The van der Waals surface area contributed by atoms with E-state index in [1.54, 1.807) is 19.2 Å². The van der Waals surface area contributed by atoms with Crippen LogP contribution in [0.25, 0.3) is 0 Å². The Morgan fingerprint density at radius 2 is 1.74 bits per heavy atom. The number of hydrogen-bond donors (Lipinski definition) is 0. The maximum atomic E-state index is 13.2. The predicted octanol–water partition coefficient (Wildman–Crippen LogP) is 3.88. The second-order valence-corrected chi connectivity index (χ2v) is 5.75. The van der Waals surface area contributed by atoms with Crippen molar-refractivity contribution >= 4 is 5.91 Å². The molecule has 120 valence electrons. The third kappa shape index (κ3) is 3.27. The van der Waals surface area contributed by atoms with E-state index in [2.05, 4.69) is 0 Å². The maximum Gasteiger partial charge on any atom is 0.223 e. The van der Waals surface area contributed by atoms with Crippen LogP contribution in [0.1, 0.15) is 36.1 Å². The lowest BCUT2D eigenvalue weighted by atomic mass is 9.94. The summed E-state index contributed by atoms with van der Waals surface area (Å²) in [5.74, 6) is -0.139. The molecule has 23 heavy (non-hydrogen) atoms. The Morgan fingerprint density at radius 1 is 1.04 bits per heavy atom. The lowest BCUT2D eigenvalue weighted by molar-refractivity contribution is -0.133. The number of carbonyl (C=O) groups is 1. The van der Waals surface area contributed by atoms with Crippen molar-refractivity contribution < 1.29 is 13.9 Å². The van der Waals surface area contributed by atoms with E-state index in [0.29, 0.717) is 6.42 Å². The van der Waals surface area contributed by atoms with Crippen LogP contribution in [0.4, 0.5) is 4.39 Å². The number of halogens is 1. The molecule has 1 aliphatic heterocycles. The fraction of sp³-hybridized carbons (Fsp3) is 0.316. The van der Waals surface area contributed by atoms with Crippen LogP contribution in [-0.2, 0) is 9.53 Å². The first-order valence-electron chi connectivity index (χ1n) is 7.83. The minimum Gasteiger partial charge on any atom is -0.374 e. The van der Waals surface area contributed by atoms with Crippen molar-refractivity contribution in [3.8, 4) is 0 Å². The summed E-state index contributed by atoms with van der Waals surface area (Å²) in [6, 6.07) is 16.0. The molecular formula is C19H20FNO2. The van der Waals surface area contributed by atoms with Gasteiger partial charge in [-0.1, -0.05) is 42.5 Å². The minimum absolute atomic E-state index is 0.142. The van der Waals surface area contributed by atoms with E-state index in [9.17, 15) is 9.18 Å². The number of methoxy groups -OCH3 is 1. The SMILES string of the molecule is CO[C@@H](c1ccc(F)cc1)C(c1ccccc1)N1CCCC1=O. The molecule has 0 saturated carbocycles. The van der Waals surface area contributed by atoms with E-state index in [0.717, 1.165) is 24.1 Å². The first kappa shape index (κ1) is 15.7. The predicted molar refractivity (Wildman–Crippen MR) is 86.3 cm³/mol. The summed E-state index contributed by atoms with van der Waals surface area (Å²) in [4.78, 5) is 14.2. The standard InChI is InChI=1S/C19H20FNO2/c1-23-19(15-9-11-16(20)12-10-15)18(14-6-3-2-4-7-14)21-13-5-8-17(21)22/h2-4,6-7,9-12,18-19H,5,8,13H2,1H3/t18?,19-/m0/s1. The highest BCUT2D eigenvalue weighted by molar-refractivity contribution is 5.78. The molecule has 1 unspecified atom stereocenters. The van der Waals surface area contributed by atoms with Crippen LogP contribution in [0, 0.1) is 5.82 Å². The van der Waals surface area contributed by atoms with Crippen molar-refractivity contribution in [3.05, 3.63) is 71.5 Å². The maximum absolute atomic E-state index is 13.2. The van der Waals surface area contributed by atoms with Crippen LogP contribution < -0.4 is 0 Å². The van der Waals surface area contributed by atoms with Crippen molar-refractivity contribution in [2.24, 2.45) is 0 Å². The second kappa shape index (κ2) is 6.92. The smallest absolute Gasteiger partial charge is 0.223 e. The van der Waals surface area contributed by atoms with Crippen LogP contribution >= 0.6 is 0 Å². The van der Waals surface area contributed by atoms with Gasteiger partial charge in [-0.3, -0.25) is 4.79 Å². The number of ether oxygens (including phenoxy) is 1. The highest BCUT2D eigenvalue weighted by atomic mass is 19.1. The first-order valence-corrected chi connectivity index (χ1v) is 7.83. The van der Waals surface area contributed by atoms with E-state index in [-0.39, 0.29) is 23.9 Å². The van der Waals surface area contributed by atoms with Crippen LogP contribution in [-0.4, -0.2) is 24.5 Å². The molecule has 3 nitrogen and oxygen atoms in total. The number of hydrogen-bond acceptors (Lipinski definition) is 2. The molecule has 0 aromatic heterocycles. The fourth-order valence-corrected chi connectivity index (χ4v) is 3.23. The van der Waals surface area contributed by atoms with Crippen LogP contribution in [0.5, 0.6) is 0 Å². The molecule has 0 bridgehead atoms. The molecule has 1 fully saturated rings. The Kier molecular flexibility index (Phi) is 4.72. The Labute approximate surface area is 135 Å². The van der Waals surface area contributed by atoms with Crippen LogP contribution in [0.2, 0.25) is 0 Å². The van der Waals surface area contributed by atoms with Gasteiger partial charge in [0.15, 0.2) is 0 Å². The molecule has 3 rings (SSSR count). The van der Waals surface area contributed by atoms with Crippen LogP contribution in [0.3, 0.4) is 0 Å². The number of benzene rings is 2. The zero-order chi connectivity index (χ0) is 16.2. The molecule has 0 N–H and O–H groups in total. The summed E-state index contributed by atoms with van der Waals surface area (Å²) >= 11 is 0. The summed E-state index contributed by atoms with van der Waals surface area (Å²) in [7, 11) is 1.63. The van der Waals surface area contributed by atoms with Gasteiger partial charge in [0.1, 0.15) is 11.9 Å². The zero-order valence-electron chi connectivity index (χ0n) is 13.1. The lowest BCUT2D eigenvalue weighted by Gasteiger charge is -2.34. The average Bonchev–Trinajstić information content (AvgIpc) is 3.00. The molecule has 4 heteroatoms. The molecule has 1 amide bonds. The van der Waals surface area contributed by atoms with E-state index in [4.69, 9.17) is 4.74 Å². The van der Waals surface area contributed by atoms with Gasteiger partial charge in [0, 0.05) is 20.1 Å². The van der Waals surface area contributed by atoms with Crippen molar-refractivity contribution in [1.29, 1.82) is 0 Å². The third-order valence-electron chi connectivity index (χ3n) is 4.33. The number of amides is 1. The van der Waals surface area contributed by atoms with Gasteiger partial charge in [-0.25, -0.2) is 4.39 Å². The Balaban J connectivity index is 2.02. The summed E-state index contributed by atoms with van der Waals surface area (Å²) in [6.07, 6.45) is 1.10. The van der Waals surface area contributed by atoms with Crippen molar-refractivity contribution in [3.63, 3.8) is 0 Å². The molecule has 0 aliphatic carbocycles. The number of rotatable bonds is 5. The van der Waals surface area contributed by atoms with E-state index in [1.165, 1.54) is 12.1 Å². The van der Waals surface area contributed by atoms with Crippen molar-refractivity contribution in [2.45, 2.75) is 25.0 Å². The summed E-state index contributed by atoms with van der Waals surface area (Å²) in [5, 5.41) is 0. The molecule has 0 radical (unpaired) electrons. The molecule has 0 spiro atoms. The monoisotopic (exact) mass is 313 g/mol. The molecule has 2 atom stereocenters. The minimum atomic E-state index is -0.333. The largest absolute Gasteiger partial charge is 0.374 e. The number of nitrogens with zero attached hydrogens (tertiary/aromatic N) is 1. The molecular weight excluding hydrogens is 293 g/mol. The molecule has 1 saturated heterocycles. The Morgan fingerprint density at radius 3 is 2.30 bits per heavy atom. The van der Waals surface area contributed by atoms with Gasteiger partial charge in [0.05, 0.1) is 6.04 Å². The second-order valence-electron chi connectivity index (χ2n) is 5.75. The normalized spacial score (nSPS) is 17.3. The van der Waals surface area contributed by atoms with E-state index >= 15 is 0 Å². The number of carbonyl (C=O) groups excluding carboxylic acids is 1. The number of likely N-dealkylation sites (tertiary alicyclic amines) is 1. The van der Waals surface area contributed by atoms with Crippen molar-refractivity contribution in [1.82, 2.24) is 4.90 Å². The average molecular weight is 313 g/mol.